The lowest BCUT2D eigenvalue weighted by atomic mass is 10.2. The van der Waals surface area contributed by atoms with Crippen LogP contribution in [0.4, 0.5) is 10.5 Å². The maximum atomic E-state index is 11.9. The van der Waals surface area contributed by atoms with Crippen LogP contribution in [0, 0.1) is 6.92 Å². The van der Waals surface area contributed by atoms with E-state index in [9.17, 15) is 9.59 Å². The van der Waals surface area contributed by atoms with Crippen molar-refractivity contribution < 1.29 is 14.3 Å². The van der Waals surface area contributed by atoms with Crippen LogP contribution in [0.5, 0.6) is 5.75 Å². The largest absolute Gasteiger partial charge is 0.497 e. The third-order valence-corrected chi connectivity index (χ3v) is 3.36. The van der Waals surface area contributed by atoms with Crippen molar-refractivity contribution in [3.8, 4) is 5.75 Å². The molecule has 0 fully saturated rings. The number of hydrogen-bond acceptors (Lipinski definition) is 3. The van der Waals surface area contributed by atoms with Crippen LogP contribution >= 0.6 is 0 Å². The van der Waals surface area contributed by atoms with E-state index >= 15 is 0 Å². The van der Waals surface area contributed by atoms with Crippen LogP contribution in [0.25, 0.3) is 0 Å². The molecule has 2 aromatic carbocycles. The molecule has 126 valence electrons. The molecule has 24 heavy (non-hydrogen) atoms. The summed E-state index contributed by atoms with van der Waals surface area (Å²) >= 11 is 0. The molecule has 0 aliphatic rings. The summed E-state index contributed by atoms with van der Waals surface area (Å²) in [6.07, 6.45) is 0. The SMILES string of the molecule is COc1ccc(C(=O)NCCNC(=O)Nc2ccc(C)cc2)cc1. The van der Waals surface area contributed by atoms with Crippen molar-refractivity contribution >= 4 is 17.6 Å². The summed E-state index contributed by atoms with van der Waals surface area (Å²) in [5, 5.41) is 8.15. The first-order valence-electron chi connectivity index (χ1n) is 7.62. The predicted octanol–water partition coefficient (Wildman–Crippen LogP) is 2.56. The van der Waals surface area contributed by atoms with Gasteiger partial charge in [0.2, 0.25) is 0 Å². The summed E-state index contributed by atoms with van der Waals surface area (Å²) < 4.78 is 5.04. The molecule has 0 radical (unpaired) electrons. The highest BCUT2D eigenvalue weighted by molar-refractivity contribution is 5.94. The molecule has 2 aromatic rings. The Morgan fingerprint density at radius 1 is 0.917 bits per heavy atom. The van der Waals surface area contributed by atoms with Gasteiger partial charge in [-0.15, -0.1) is 0 Å². The van der Waals surface area contributed by atoms with Gasteiger partial charge in [0.25, 0.3) is 5.91 Å². The topological polar surface area (TPSA) is 79.5 Å². The normalized spacial score (nSPS) is 9.92. The lowest BCUT2D eigenvalue weighted by Gasteiger charge is -2.09. The number of hydrogen-bond donors (Lipinski definition) is 3. The second-order valence-electron chi connectivity index (χ2n) is 5.23. The van der Waals surface area contributed by atoms with E-state index < -0.39 is 0 Å². The zero-order chi connectivity index (χ0) is 17.4. The highest BCUT2D eigenvalue weighted by Crippen LogP contribution is 2.11. The number of rotatable bonds is 6. The Morgan fingerprint density at radius 3 is 2.17 bits per heavy atom. The minimum absolute atomic E-state index is 0.196. The molecule has 6 heteroatoms. The average Bonchev–Trinajstić information content (AvgIpc) is 2.60. The monoisotopic (exact) mass is 327 g/mol. The molecule has 3 amide bonds. The quantitative estimate of drug-likeness (QED) is 0.713. The van der Waals surface area contributed by atoms with E-state index in [1.54, 1.807) is 31.4 Å². The van der Waals surface area contributed by atoms with Crippen molar-refractivity contribution in [2.24, 2.45) is 0 Å². The van der Waals surface area contributed by atoms with Gasteiger partial charge in [0, 0.05) is 24.3 Å². The van der Waals surface area contributed by atoms with Gasteiger partial charge in [0.05, 0.1) is 7.11 Å². The van der Waals surface area contributed by atoms with Gasteiger partial charge < -0.3 is 20.7 Å². The fraction of sp³-hybridized carbons (Fsp3) is 0.222. The summed E-state index contributed by atoms with van der Waals surface area (Å²) in [5.41, 5.74) is 2.39. The predicted molar refractivity (Wildman–Crippen MR) is 93.5 cm³/mol. The molecule has 0 aromatic heterocycles. The summed E-state index contributed by atoms with van der Waals surface area (Å²) in [5.74, 6) is 0.499. The third-order valence-electron chi connectivity index (χ3n) is 3.36. The van der Waals surface area contributed by atoms with Crippen molar-refractivity contribution in [1.82, 2.24) is 10.6 Å². The fourth-order valence-corrected chi connectivity index (χ4v) is 2.01. The first-order valence-corrected chi connectivity index (χ1v) is 7.62. The van der Waals surface area contributed by atoms with E-state index in [0.717, 1.165) is 11.3 Å². The Labute approximate surface area is 141 Å². The lowest BCUT2D eigenvalue weighted by molar-refractivity contribution is 0.0954. The van der Waals surface area contributed by atoms with Gasteiger partial charge in [-0.05, 0) is 43.3 Å². The molecule has 0 aliphatic heterocycles. The Bertz CT molecular complexity index is 682. The number of amides is 3. The van der Waals surface area contributed by atoms with E-state index in [4.69, 9.17) is 4.74 Å². The molecule has 3 N–H and O–H groups in total. The molecule has 0 spiro atoms. The lowest BCUT2D eigenvalue weighted by Crippen LogP contribution is -2.36. The molecule has 2 rings (SSSR count). The number of aryl methyl sites for hydroxylation is 1. The number of ether oxygens (including phenoxy) is 1. The summed E-state index contributed by atoms with van der Waals surface area (Å²) in [4.78, 5) is 23.7. The maximum Gasteiger partial charge on any atom is 0.319 e. The molecule has 0 heterocycles. The van der Waals surface area contributed by atoms with Gasteiger partial charge in [-0.3, -0.25) is 4.79 Å². The van der Waals surface area contributed by atoms with E-state index in [-0.39, 0.29) is 11.9 Å². The molecule has 0 saturated carbocycles. The number of nitrogens with one attached hydrogen (secondary N) is 3. The van der Waals surface area contributed by atoms with Crippen molar-refractivity contribution in [2.75, 3.05) is 25.5 Å². The van der Waals surface area contributed by atoms with Gasteiger partial charge in [-0.2, -0.15) is 0 Å². The number of methoxy groups -OCH3 is 1. The molecule has 0 unspecified atom stereocenters. The Kier molecular flexibility index (Phi) is 6.19. The summed E-state index contributed by atoms with van der Waals surface area (Å²) in [6, 6.07) is 14.0. The third kappa shape index (κ3) is 5.31. The van der Waals surface area contributed by atoms with Crippen LogP contribution in [-0.2, 0) is 0 Å². The van der Waals surface area contributed by atoms with Gasteiger partial charge in [-0.1, -0.05) is 17.7 Å². The number of urea groups is 1. The van der Waals surface area contributed by atoms with Gasteiger partial charge in [0.1, 0.15) is 5.75 Å². The fourth-order valence-electron chi connectivity index (χ4n) is 2.01. The van der Waals surface area contributed by atoms with Gasteiger partial charge in [0.15, 0.2) is 0 Å². The van der Waals surface area contributed by atoms with Crippen LogP contribution in [0.1, 0.15) is 15.9 Å². The van der Waals surface area contributed by atoms with Crippen LogP contribution in [-0.4, -0.2) is 32.1 Å². The number of anilines is 1. The second kappa shape index (κ2) is 8.57. The van der Waals surface area contributed by atoms with Crippen LogP contribution in [0.2, 0.25) is 0 Å². The number of carbonyl (C=O) groups excluding carboxylic acids is 2. The van der Waals surface area contributed by atoms with Crippen LogP contribution in [0.3, 0.4) is 0 Å². The van der Waals surface area contributed by atoms with E-state index in [0.29, 0.717) is 24.4 Å². The van der Waals surface area contributed by atoms with Crippen molar-refractivity contribution in [1.29, 1.82) is 0 Å². The Morgan fingerprint density at radius 2 is 1.54 bits per heavy atom. The van der Waals surface area contributed by atoms with Crippen molar-refractivity contribution in [3.63, 3.8) is 0 Å². The number of carbonyl (C=O) groups is 2. The first kappa shape index (κ1) is 17.3. The van der Waals surface area contributed by atoms with Gasteiger partial charge in [-0.25, -0.2) is 4.79 Å². The van der Waals surface area contributed by atoms with E-state index in [1.165, 1.54) is 0 Å². The number of benzene rings is 2. The minimum atomic E-state index is -0.308. The standard InChI is InChI=1S/C18H21N3O3/c1-13-3-7-15(8-4-13)21-18(23)20-12-11-19-17(22)14-5-9-16(24-2)10-6-14/h3-10H,11-12H2,1-2H3,(H,19,22)(H2,20,21,23). The molecular formula is C18H21N3O3. The van der Waals surface area contributed by atoms with Crippen LogP contribution < -0.4 is 20.7 Å². The zero-order valence-electron chi connectivity index (χ0n) is 13.8. The Hall–Kier alpha value is -3.02. The molecule has 0 atom stereocenters. The first-order chi connectivity index (χ1) is 11.6. The highest BCUT2D eigenvalue weighted by atomic mass is 16.5. The summed E-state index contributed by atoms with van der Waals surface area (Å²) in [7, 11) is 1.57. The average molecular weight is 327 g/mol. The zero-order valence-corrected chi connectivity index (χ0v) is 13.8. The smallest absolute Gasteiger partial charge is 0.319 e. The van der Waals surface area contributed by atoms with Crippen molar-refractivity contribution in [2.45, 2.75) is 6.92 Å². The highest BCUT2D eigenvalue weighted by Gasteiger charge is 2.05. The molecule has 0 bridgehead atoms. The van der Waals surface area contributed by atoms with E-state index in [2.05, 4.69) is 16.0 Å². The molecule has 6 nitrogen and oxygen atoms in total. The van der Waals surface area contributed by atoms with Crippen molar-refractivity contribution in [3.05, 3.63) is 59.7 Å². The Balaban J connectivity index is 1.68. The molecular weight excluding hydrogens is 306 g/mol. The summed E-state index contributed by atoms with van der Waals surface area (Å²) in [6.45, 7) is 2.65. The van der Waals surface area contributed by atoms with Crippen LogP contribution in [0.15, 0.2) is 48.5 Å². The molecule has 0 aliphatic carbocycles. The minimum Gasteiger partial charge on any atom is -0.497 e. The maximum absolute atomic E-state index is 11.9. The second-order valence-corrected chi connectivity index (χ2v) is 5.23. The molecule has 0 saturated heterocycles. The van der Waals surface area contributed by atoms with E-state index in [1.807, 2.05) is 31.2 Å². The van der Waals surface area contributed by atoms with Gasteiger partial charge >= 0.3 is 6.03 Å².